The summed E-state index contributed by atoms with van der Waals surface area (Å²) in [6.07, 6.45) is 3.53. The number of rotatable bonds is 7. The van der Waals surface area contributed by atoms with Crippen molar-refractivity contribution in [2.75, 3.05) is 26.2 Å². The van der Waals surface area contributed by atoms with Gasteiger partial charge >= 0.3 is 0 Å². The van der Waals surface area contributed by atoms with E-state index < -0.39 is 10.2 Å². The molecular formula is C12H24N6O2S. The monoisotopic (exact) mass is 316 g/mol. The van der Waals surface area contributed by atoms with Gasteiger partial charge in [-0.2, -0.15) is 17.4 Å². The molecule has 1 aliphatic rings. The first-order valence-electron chi connectivity index (χ1n) is 7.31. The van der Waals surface area contributed by atoms with Crippen LogP contribution in [-0.4, -0.2) is 53.7 Å². The van der Waals surface area contributed by atoms with Crippen molar-refractivity contribution >= 4 is 10.2 Å². The number of hydrogen-bond donors (Lipinski definition) is 2. The van der Waals surface area contributed by atoms with Crippen LogP contribution in [-0.2, 0) is 23.8 Å². The van der Waals surface area contributed by atoms with E-state index in [1.807, 2.05) is 0 Å². The molecule has 1 fully saturated rings. The Hall–Kier alpha value is -1.03. The number of piperidine rings is 1. The molecule has 21 heavy (non-hydrogen) atoms. The molecule has 0 aromatic carbocycles. The Kier molecular flexibility index (Phi) is 5.68. The molecule has 0 bridgehead atoms. The average Bonchev–Trinajstić information content (AvgIpc) is 2.89. The first-order valence-corrected chi connectivity index (χ1v) is 8.75. The Labute approximate surface area is 126 Å². The SMILES string of the molecule is CCNCC1CCCN(S(=O)(=O)NCc2nncn2C)C1. The van der Waals surface area contributed by atoms with Crippen LogP contribution in [0.1, 0.15) is 25.6 Å². The summed E-state index contributed by atoms with van der Waals surface area (Å²) in [5, 5.41) is 10.9. The summed E-state index contributed by atoms with van der Waals surface area (Å²) in [6, 6.07) is 0. The van der Waals surface area contributed by atoms with Crippen molar-refractivity contribution in [3.63, 3.8) is 0 Å². The number of nitrogens with one attached hydrogen (secondary N) is 2. The fourth-order valence-electron chi connectivity index (χ4n) is 2.47. The van der Waals surface area contributed by atoms with Crippen LogP contribution in [0.25, 0.3) is 0 Å². The maximum absolute atomic E-state index is 12.3. The second-order valence-electron chi connectivity index (χ2n) is 5.36. The van der Waals surface area contributed by atoms with E-state index in [-0.39, 0.29) is 6.54 Å². The van der Waals surface area contributed by atoms with Crippen LogP contribution in [0.3, 0.4) is 0 Å². The third-order valence-electron chi connectivity index (χ3n) is 3.72. The predicted molar refractivity (Wildman–Crippen MR) is 79.6 cm³/mol. The summed E-state index contributed by atoms with van der Waals surface area (Å²) in [5.41, 5.74) is 0. The van der Waals surface area contributed by atoms with Gasteiger partial charge in [0, 0.05) is 20.1 Å². The molecule has 1 atom stereocenters. The van der Waals surface area contributed by atoms with Crippen molar-refractivity contribution in [3.8, 4) is 0 Å². The zero-order chi connectivity index (χ0) is 15.3. The van der Waals surface area contributed by atoms with E-state index in [9.17, 15) is 8.42 Å². The molecule has 2 rings (SSSR count). The smallest absolute Gasteiger partial charge is 0.279 e. The number of aromatic nitrogens is 3. The van der Waals surface area contributed by atoms with Crippen LogP contribution in [0.5, 0.6) is 0 Å². The normalized spacial score (nSPS) is 20.8. The van der Waals surface area contributed by atoms with Crippen LogP contribution >= 0.6 is 0 Å². The minimum atomic E-state index is -3.46. The zero-order valence-electron chi connectivity index (χ0n) is 12.6. The lowest BCUT2D eigenvalue weighted by Gasteiger charge is -2.31. The highest BCUT2D eigenvalue weighted by atomic mass is 32.2. The molecule has 9 heteroatoms. The summed E-state index contributed by atoms with van der Waals surface area (Å²) in [4.78, 5) is 0. The summed E-state index contributed by atoms with van der Waals surface area (Å²) < 4.78 is 30.5. The van der Waals surface area contributed by atoms with Crippen LogP contribution in [0.4, 0.5) is 0 Å². The van der Waals surface area contributed by atoms with Gasteiger partial charge in [0.25, 0.3) is 10.2 Å². The Morgan fingerprint density at radius 3 is 2.95 bits per heavy atom. The van der Waals surface area contributed by atoms with E-state index in [1.165, 1.54) is 4.31 Å². The highest BCUT2D eigenvalue weighted by Gasteiger charge is 2.28. The highest BCUT2D eigenvalue weighted by molar-refractivity contribution is 7.87. The molecule has 0 aliphatic carbocycles. The fraction of sp³-hybridized carbons (Fsp3) is 0.833. The molecule has 0 spiro atoms. The molecule has 0 amide bonds. The second-order valence-corrected chi connectivity index (χ2v) is 7.11. The summed E-state index contributed by atoms with van der Waals surface area (Å²) in [5.74, 6) is 0.977. The molecule has 1 aliphatic heterocycles. The Balaban J connectivity index is 1.90. The Morgan fingerprint density at radius 1 is 1.48 bits per heavy atom. The fourth-order valence-corrected chi connectivity index (χ4v) is 3.75. The standard InChI is InChI=1S/C12H24N6O2S/c1-3-13-7-11-5-4-6-18(9-11)21(19,20)15-8-12-16-14-10-17(12)2/h10-11,13,15H,3-9H2,1-2H3. The van der Waals surface area contributed by atoms with E-state index in [0.29, 0.717) is 24.8 Å². The molecular weight excluding hydrogens is 292 g/mol. The molecule has 1 saturated heterocycles. The molecule has 2 heterocycles. The third kappa shape index (κ3) is 4.47. The highest BCUT2D eigenvalue weighted by Crippen LogP contribution is 2.18. The first kappa shape index (κ1) is 16.3. The second kappa shape index (κ2) is 7.30. The lowest BCUT2D eigenvalue weighted by molar-refractivity contribution is 0.258. The molecule has 1 unspecified atom stereocenters. The van der Waals surface area contributed by atoms with E-state index in [1.54, 1.807) is 17.9 Å². The van der Waals surface area contributed by atoms with Gasteiger partial charge in [-0.25, -0.2) is 0 Å². The lowest BCUT2D eigenvalue weighted by Crippen LogP contribution is -2.47. The van der Waals surface area contributed by atoms with Crippen LogP contribution < -0.4 is 10.0 Å². The van der Waals surface area contributed by atoms with E-state index in [0.717, 1.165) is 25.9 Å². The van der Waals surface area contributed by atoms with Crippen LogP contribution in [0, 0.1) is 5.92 Å². The summed E-state index contributed by atoms with van der Waals surface area (Å²) >= 11 is 0. The summed E-state index contributed by atoms with van der Waals surface area (Å²) in [6.45, 7) is 5.14. The maximum atomic E-state index is 12.3. The van der Waals surface area contributed by atoms with Gasteiger partial charge in [-0.3, -0.25) is 0 Å². The van der Waals surface area contributed by atoms with Crippen molar-refractivity contribution in [1.29, 1.82) is 0 Å². The van der Waals surface area contributed by atoms with Crippen LogP contribution in [0.15, 0.2) is 6.33 Å². The topological polar surface area (TPSA) is 92.2 Å². The average molecular weight is 316 g/mol. The van der Waals surface area contributed by atoms with Gasteiger partial charge in [0.1, 0.15) is 12.2 Å². The third-order valence-corrected chi connectivity index (χ3v) is 5.24. The molecule has 2 N–H and O–H groups in total. The van der Waals surface area contributed by atoms with Gasteiger partial charge in [-0.05, 0) is 31.8 Å². The van der Waals surface area contributed by atoms with Gasteiger partial charge in [-0.15, -0.1) is 10.2 Å². The van der Waals surface area contributed by atoms with Crippen molar-refractivity contribution in [1.82, 2.24) is 29.1 Å². The van der Waals surface area contributed by atoms with E-state index in [4.69, 9.17) is 0 Å². The van der Waals surface area contributed by atoms with Gasteiger partial charge in [0.15, 0.2) is 0 Å². The molecule has 8 nitrogen and oxygen atoms in total. The van der Waals surface area contributed by atoms with Gasteiger partial charge in [0.2, 0.25) is 0 Å². The first-order chi connectivity index (χ1) is 10.0. The van der Waals surface area contributed by atoms with Gasteiger partial charge < -0.3 is 9.88 Å². The van der Waals surface area contributed by atoms with Crippen molar-refractivity contribution in [2.24, 2.45) is 13.0 Å². The zero-order valence-corrected chi connectivity index (χ0v) is 13.4. The molecule has 0 saturated carbocycles. The van der Waals surface area contributed by atoms with Crippen molar-refractivity contribution in [2.45, 2.75) is 26.3 Å². The summed E-state index contributed by atoms with van der Waals surface area (Å²) in [7, 11) is -1.67. The quantitative estimate of drug-likeness (QED) is 0.705. The lowest BCUT2D eigenvalue weighted by atomic mass is 10.00. The van der Waals surface area contributed by atoms with Crippen molar-refractivity contribution in [3.05, 3.63) is 12.2 Å². The largest absolute Gasteiger partial charge is 0.320 e. The van der Waals surface area contributed by atoms with E-state index in [2.05, 4.69) is 27.2 Å². The molecule has 120 valence electrons. The molecule has 0 radical (unpaired) electrons. The van der Waals surface area contributed by atoms with Gasteiger partial charge in [0.05, 0.1) is 6.54 Å². The Morgan fingerprint density at radius 2 is 2.29 bits per heavy atom. The van der Waals surface area contributed by atoms with Gasteiger partial charge in [-0.1, -0.05) is 6.92 Å². The number of aryl methyl sites for hydroxylation is 1. The predicted octanol–water partition coefficient (Wildman–Crippen LogP) is -0.529. The minimum absolute atomic E-state index is 0.160. The minimum Gasteiger partial charge on any atom is -0.320 e. The number of nitrogens with zero attached hydrogens (tertiary/aromatic N) is 4. The molecule has 1 aromatic rings. The Bertz CT molecular complexity index is 544. The van der Waals surface area contributed by atoms with E-state index >= 15 is 0 Å². The number of hydrogen-bond acceptors (Lipinski definition) is 5. The van der Waals surface area contributed by atoms with Crippen LogP contribution in [0.2, 0.25) is 0 Å². The van der Waals surface area contributed by atoms with Crippen molar-refractivity contribution < 1.29 is 8.42 Å². The maximum Gasteiger partial charge on any atom is 0.279 e. The molecule has 1 aromatic heterocycles.